The highest BCUT2D eigenvalue weighted by Gasteiger charge is 2.31. The summed E-state index contributed by atoms with van der Waals surface area (Å²) in [6.45, 7) is 3.47. The van der Waals surface area contributed by atoms with Crippen molar-refractivity contribution in [2.75, 3.05) is 44.2 Å². The van der Waals surface area contributed by atoms with Crippen LogP contribution in [-0.2, 0) is 0 Å². The molecule has 0 spiro atoms. The molecule has 38 heavy (non-hydrogen) atoms. The number of pyridine rings is 1. The SMILES string of the molecule is O=C(O)c1cn(C2CC2)c2cc(N3CCN(CC4CCOc5cc(Cl)ccc5C4=O)CC3)c(F)cc2c1=O. The fraction of sp³-hybridized carbons (Fsp3) is 0.393. The van der Waals surface area contributed by atoms with Crippen molar-refractivity contribution in [1.29, 1.82) is 0 Å². The smallest absolute Gasteiger partial charge is 0.341 e. The number of fused-ring (bicyclic) bond motifs is 2. The maximum Gasteiger partial charge on any atom is 0.341 e. The number of carbonyl (C=O) groups excluding carboxylic acids is 1. The lowest BCUT2D eigenvalue weighted by molar-refractivity contribution is 0.0694. The highest BCUT2D eigenvalue weighted by Crippen LogP contribution is 2.38. The van der Waals surface area contributed by atoms with Crippen LogP contribution in [-0.4, -0.2) is 65.7 Å². The van der Waals surface area contributed by atoms with Gasteiger partial charge in [0.05, 0.1) is 23.4 Å². The molecule has 2 fully saturated rings. The van der Waals surface area contributed by atoms with Gasteiger partial charge in [-0.3, -0.25) is 14.5 Å². The number of aromatic carboxylic acids is 1. The van der Waals surface area contributed by atoms with Crippen LogP contribution in [0.3, 0.4) is 0 Å². The molecule has 10 heteroatoms. The van der Waals surface area contributed by atoms with E-state index in [1.807, 2.05) is 9.47 Å². The van der Waals surface area contributed by atoms with E-state index in [1.165, 1.54) is 12.3 Å². The van der Waals surface area contributed by atoms with E-state index in [2.05, 4.69) is 4.90 Å². The number of anilines is 1. The summed E-state index contributed by atoms with van der Waals surface area (Å²) >= 11 is 6.06. The molecule has 2 aliphatic heterocycles. The molecule has 8 nitrogen and oxygen atoms in total. The van der Waals surface area contributed by atoms with Gasteiger partial charge in [0.1, 0.15) is 17.1 Å². The number of rotatable bonds is 5. The fourth-order valence-corrected chi connectivity index (χ4v) is 5.71. The Labute approximate surface area is 223 Å². The number of halogens is 2. The number of benzene rings is 2. The number of ether oxygens (including phenoxy) is 1. The third-order valence-electron chi connectivity index (χ3n) is 7.77. The Hall–Kier alpha value is -3.43. The number of aromatic nitrogens is 1. The third kappa shape index (κ3) is 4.54. The molecule has 6 rings (SSSR count). The number of carboxylic acids is 1. The van der Waals surface area contributed by atoms with Crippen molar-refractivity contribution >= 4 is 39.9 Å². The largest absolute Gasteiger partial charge is 0.493 e. The van der Waals surface area contributed by atoms with Crippen molar-refractivity contribution in [1.82, 2.24) is 9.47 Å². The van der Waals surface area contributed by atoms with Crippen LogP contribution >= 0.6 is 11.6 Å². The first-order valence-corrected chi connectivity index (χ1v) is 13.2. The second-order valence-corrected chi connectivity index (χ2v) is 10.7. The first-order valence-electron chi connectivity index (χ1n) is 12.9. The lowest BCUT2D eigenvalue weighted by Gasteiger charge is -2.37. The van der Waals surface area contributed by atoms with Gasteiger partial charge in [0.25, 0.3) is 0 Å². The van der Waals surface area contributed by atoms with E-state index in [0.29, 0.717) is 73.3 Å². The Morgan fingerprint density at radius 1 is 1.08 bits per heavy atom. The Kier molecular flexibility index (Phi) is 6.36. The maximum absolute atomic E-state index is 15.3. The number of hydrogen-bond donors (Lipinski definition) is 1. The van der Waals surface area contributed by atoms with Crippen LogP contribution in [0.4, 0.5) is 10.1 Å². The average Bonchev–Trinajstić information content (AvgIpc) is 3.74. The molecule has 198 valence electrons. The number of Topliss-reactive ketones (excluding diaryl/α,β-unsaturated/α-hetero) is 1. The molecule has 0 amide bonds. The van der Waals surface area contributed by atoms with Crippen LogP contribution in [0.1, 0.15) is 46.0 Å². The maximum atomic E-state index is 15.3. The molecule has 0 bridgehead atoms. The molecule has 3 aliphatic rings. The molecule has 1 unspecified atom stereocenters. The highest BCUT2D eigenvalue weighted by atomic mass is 35.5. The first-order chi connectivity index (χ1) is 18.3. The quantitative estimate of drug-likeness (QED) is 0.519. The predicted molar refractivity (Wildman–Crippen MR) is 141 cm³/mol. The van der Waals surface area contributed by atoms with E-state index in [9.17, 15) is 19.5 Å². The molecule has 1 saturated carbocycles. The van der Waals surface area contributed by atoms with E-state index in [1.54, 1.807) is 24.3 Å². The summed E-state index contributed by atoms with van der Waals surface area (Å²) in [6.07, 6.45) is 3.79. The number of hydrogen-bond acceptors (Lipinski definition) is 6. The van der Waals surface area contributed by atoms with E-state index < -0.39 is 17.2 Å². The minimum Gasteiger partial charge on any atom is -0.493 e. The summed E-state index contributed by atoms with van der Waals surface area (Å²) in [4.78, 5) is 41.7. The zero-order valence-electron chi connectivity index (χ0n) is 20.7. The van der Waals surface area contributed by atoms with Gasteiger partial charge in [0, 0.05) is 61.3 Å². The van der Waals surface area contributed by atoms with Gasteiger partial charge in [-0.05, 0) is 49.6 Å². The lowest BCUT2D eigenvalue weighted by Crippen LogP contribution is -2.48. The van der Waals surface area contributed by atoms with Gasteiger partial charge in [0.2, 0.25) is 5.43 Å². The molecule has 2 aromatic carbocycles. The monoisotopic (exact) mass is 539 g/mol. The van der Waals surface area contributed by atoms with Gasteiger partial charge in [-0.15, -0.1) is 0 Å². The summed E-state index contributed by atoms with van der Waals surface area (Å²) in [5.41, 5.74) is 0.513. The van der Waals surface area contributed by atoms with Gasteiger partial charge in [-0.25, -0.2) is 9.18 Å². The average molecular weight is 540 g/mol. The summed E-state index contributed by atoms with van der Waals surface area (Å²) in [7, 11) is 0. The molecule has 0 radical (unpaired) electrons. The fourth-order valence-electron chi connectivity index (χ4n) is 5.55. The molecule has 1 aromatic heterocycles. The Morgan fingerprint density at radius 3 is 2.55 bits per heavy atom. The van der Waals surface area contributed by atoms with Crippen LogP contribution in [0.15, 0.2) is 41.3 Å². The molecule has 1 saturated heterocycles. The summed E-state index contributed by atoms with van der Waals surface area (Å²) < 4.78 is 22.9. The Bertz CT molecular complexity index is 1510. The Morgan fingerprint density at radius 2 is 1.84 bits per heavy atom. The summed E-state index contributed by atoms with van der Waals surface area (Å²) in [6, 6.07) is 8.08. The number of piperazine rings is 1. The van der Waals surface area contributed by atoms with E-state index in [4.69, 9.17) is 16.3 Å². The van der Waals surface area contributed by atoms with E-state index in [0.717, 1.165) is 12.8 Å². The van der Waals surface area contributed by atoms with Crippen molar-refractivity contribution in [3.63, 3.8) is 0 Å². The van der Waals surface area contributed by atoms with E-state index in [-0.39, 0.29) is 28.7 Å². The molecular formula is C28H27ClFN3O5. The van der Waals surface area contributed by atoms with Gasteiger partial charge in [-0.2, -0.15) is 0 Å². The summed E-state index contributed by atoms with van der Waals surface area (Å²) in [5, 5.41) is 10.1. The molecule has 3 heterocycles. The van der Waals surface area contributed by atoms with Gasteiger partial charge >= 0.3 is 5.97 Å². The topological polar surface area (TPSA) is 92.1 Å². The van der Waals surface area contributed by atoms with Gasteiger partial charge in [0.15, 0.2) is 5.78 Å². The standard InChI is InChI=1S/C28H27ClFN3O5/c29-17-1-4-19-25(11-17)38-10-5-16(26(19)34)14-31-6-8-32(9-7-31)24-13-23-20(12-22(24)30)27(35)21(28(36)37)15-33(23)18-2-3-18/h1,4,11-13,15-16,18H,2-3,5-10,14H2,(H,36,37). The molecule has 1 atom stereocenters. The summed E-state index contributed by atoms with van der Waals surface area (Å²) in [5.74, 6) is -1.47. The molecule has 1 N–H and O–H groups in total. The van der Waals surface area contributed by atoms with Crippen molar-refractivity contribution in [2.45, 2.75) is 25.3 Å². The van der Waals surface area contributed by atoms with Crippen LogP contribution in [0, 0.1) is 11.7 Å². The second kappa shape index (κ2) is 9.71. The normalized spacial score (nSPS) is 20.2. The van der Waals surface area contributed by atoms with E-state index >= 15 is 4.39 Å². The first kappa shape index (κ1) is 24.9. The third-order valence-corrected chi connectivity index (χ3v) is 8.00. The highest BCUT2D eigenvalue weighted by molar-refractivity contribution is 6.30. The molecule has 3 aromatic rings. The molecular weight excluding hydrogens is 513 g/mol. The lowest BCUT2D eigenvalue weighted by atomic mass is 9.94. The Balaban J connectivity index is 1.20. The van der Waals surface area contributed by atoms with Crippen molar-refractivity contribution in [2.24, 2.45) is 5.92 Å². The van der Waals surface area contributed by atoms with Crippen molar-refractivity contribution < 1.29 is 23.8 Å². The number of carbonyl (C=O) groups is 2. The van der Waals surface area contributed by atoms with Crippen LogP contribution in [0.25, 0.3) is 10.9 Å². The zero-order valence-corrected chi connectivity index (χ0v) is 21.4. The minimum atomic E-state index is -1.31. The van der Waals surface area contributed by atoms with Gasteiger partial charge < -0.3 is 19.3 Å². The minimum absolute atomic E-state index is 0.0518. The van der Waals surface area contributed by atoms with Crippen LogP contribution in [0.5, 0.6) is 5.75 Å². The predicted octanol–water partition coefficient (Wildman–Crippen LogP) is 4.23. The van der Waals surface area contributed by atoms with Gasteiger partial charge in [-0.1, -0.05) is 11.6 Å². The number of carboxylic acid groups (broad SMARTS) is 1. The molecule has 1 aliphatic carbocycles. The van der Waals surface area contributed by atoms with Crippen LogP contribution in [0.2, 0.25) is 5.02 Å². The van der Waals surface area contributed by atoms with Crippen molar-refractivity contribution in [3.8, 4) is 5.75 Å². The van der Waals surface area contributed by atoms with Crippen LogP contribution < -0.4 is 15.1 Å². The number of nitrogens with zero attached hydrogens (tertiary/aromatic N) is 3. The number of ketones is 1. The zero-order chi connectivity index (χ0) is 26.6. The second-order valence-electron chi connectivity index (χ2n) is 10.3. The van der Waals surface area contributed by atoms with Crippen molar-refractivity contribution in [3.05, 3.63) is 68.7 Å².